The Bertz CT molecular complexity index is 598. The van der Waals surface area contributed by atoms with Crippen molar-refractivity contribution in [2.75, 3.05) is 6.61 Å². The van der Waals surface area contributed by atoms with Crippen molar-refractivity contribution >= 4 is 5.97 Å². The van der Waals surface area contributed by atoms with Crippen molar-refractivity contribution in [1.29, 1.82) is 5.26 Å². The fraction of sp³-hybridized carbons (Fsp3) is 0.167. The third-order valence-electron chi connectivity index (χ3n) is 2.28. The van der Waals surface area contributed by atoms with Crippen molar-refractivity contribution in [3.63, 3.8) is 0 Å². The summed E-state index contributed by atoms with van der Waals surface area (Å²) in [6.45, 7) is 1.96. The first kappa shape index (κ1) is 11.8. The van der Waals surface area contributed by atoms with Gasteiger partial charge in [0.15, 0.2) is 5.69 Å². The summed E-state index contributed by atoms with van der Waals surface area (Å²) in [5, 5.41) is 13.2. The number of esters is 1. The van der Waals surface area contributed by atoms with E-state index in [1.54, 1.807) is 31.5 Å². The molecule has 6 heteroatoms. The lowest BCUT2D eigenvalue weighted by Gasteiger charge is -2.02. The summed E-state index contributed by atoms with van der Waals surface area (Å²) in [4.78, 5) is 15.5. The highest BCUT2D eigenvalue weighted by molar-refractivity contribution is 5.91. The number of pyridine rings is 1. The molecule has 0 spiro atoms. The van der Waals surface area contributed by atoms with E-state index in [0.717, 1.165) is 0 Å². The van der Waals surface area contributed by atoms with Crippen LogP contribution in [0.25, 0.3) is 5.69 Å². The number of hydrogen-bond acceptors (Lipinski definition) is 5. The van der Waals surface area contributed by atoms with E-state index in [4.69, 9.17) is 10.00 Å². The molecule has 2 aromatic rings. The molecular weight excluding hydrogens is 232 g/mol. The largest absolute Gasteiger partial charge is 0.462 e. The van der Waals surface area contributed by atoms with Crippen LogP contribution in [0.15, 0.2) is 30.7 Å². The Morgan fingerprint density at radius 3 is 2.83 bits per heavy atom. The Hall–Kier alpha value is -2.68. The molecule has 90 valence electrons. The molecule has 0 aliphatic rings. The van der Waals surface area contributed by atoms with Crippen LogP contribution in [0.1, 0.15) is 23.0 Å². The molecule has 0 bridgehead atoms. The number of carbonyl (C=O) groups excluding carboxylic acids is 1. The van der Waals surface area contributed by atoms with Crippen LogP contribution in [-0.2, 0) is 4.74 Å². The fourth-order valence-corrected chi connectivity index (χ4v) is 1.50. The number of rotatable bonds is 3. The molecule has 0 aliphatic heterocycles. The van der Waals surface area contributed by atoms with E-state index in [0.29, 0.717) is 5.69 Å². The highest BCUT2D eigenvalue weighted by atomic mass is 16.5. The van der Waals surface area contributed by atoms with Gasteiger partial charge in [-0.15, -0.1) is 0 Å². The minimum atomic E-state index is -0.547. The Kier molecular flexibility index (Phi) is 3.34. The maximum Gasteiger partial charge on any atom is 0.342 e. The topological polar surface area (TPSA) is 80.8 Å². The first-order valence-corrected chi connectivity index (χ1v) is 5.33. The summed E-state index contributed by atoms with van der Waals surface area (Å²) >= 11 is 0. The van der Waals surface area contributed by atoms with Crippen LogP contribution in [0.2, 0.25) is 0 Å². The second-order valence-corrected chi connectivity index (χ2v) is 3.36. The summed E-state index contributed by atoms with van der Waals surface area (Å²) in [6, 6.07) is 5.36. The summed E-state index contributed by atoms with van der Waals surface area (Å²) < 4.78 is 6.25. The van der Waals surface area contributed by atoms with Crippen LogP contribution >= 0.6 is 0 Å². The zero-order valence-electron chi connectivity index (χ0n) is 9.70. The molecule has 0 amide bonds. The molecule has 0 unspecified atom stereocenters. The third-order valence-corrected chi connectivity index (χ3v) is 2.28. The minimum absolute atomic E-state index is 0.152. The number of nitrogens with zero attached hydrogens (tertiary/aromatic N) is 4. The van der Waals surface area contributed by atoms with Gasteiger partial charge in [-0.25, -0.2) is 9.48 Å². The lowest BCUT2D eigenvalue weighted by atomic mass is 10.2. The van der Waals surface area contributed by atoms with Gasteiger partial charge in [0, 0.05) is 12.4 Å². The molecule has 2 aromatic heterocycles. The van der Waals surface area contributed by atoms with E-state index in [2.05, 4.69) is 10.1 Å². The van der Waals surface area contributed by atoms with E-state index in [9.17, 15) is 4.79 Å². The summed E-state index contributed by atoms with van der Waals surface area (Å²) in [5.74, 6) is -0.547. The molecule has 0 saturated carbocycles. The van der Waals surface area contributed by atoms with Crippen molar-refractivity contribution in [3.05, 3.63) is 42.0 Å². The monoisotopic (exact) mass is 242 g/mol. The number of hydrogen-bond donors (Lipinski definition) is 0. The number of carbonyl (C=O) groups is 1. The van der Waals surface area contributed by atoms with Gasteiger partial charge in [-0.3, -0.25) is 4.98 Å². The number of aromatic nitrogens is 3. The SMILES string of the molecule is CCOC(=O)c1cnn(-c2ccncc2)c1C#N. The normalized spacial score (nSPS) is 9.78. The van der Waals surface area contributed by atoms with Crippen LogP contribution in [0.4, 0.5) is 0 Å². The predicted octanol–water partition coefficient (Wildman–Crippen LogP) is 1.32. The van der Waals surface area contributed by atoms with Crippen molar-refractivity contribution < 1.29 is 9.53 Å². The molecule has 0 atom stereocenters. The Labute approximate surface area is 103 Å². The van der Waals surface area contributed by atoms with E-state index in [-0.39, 0.29) is 17.9 Å². The second-order valence-electron chi connectivity index (χ2n) is 3.36. The zero-order chi connectivity index (χ0) is 13.0. The Morgan fingerprint density at radius 2 is 2.22 bits per heavy atom. The van der Waals surface area contributed by atoms with Gasteiger partial charge in [0.1, 0.15) is 11.6 Å². The van der Waals surface area contributed by atoms with Gasteiger partial charge in [0.2, 0.25) is 0 Å². The van der Waals surface area contributed by atoms with Gasteiger partial charge in [0.05, 0.1) is 18.5 Å². The summed E-state index contributed by atoms with van der Waals surface area (Å²) in [7, 11) is 0. The standard InChI is InChI=1S/C12H10N4O2/c1-2-18-12(17)10-8-15-16(11(10)7-13)9-3-5-14-6-4-9/h3-6,8H,2H2,1H3. The van der Waals surface area contributed by atoms with Gasteiger partial charge in [-0.05, 0) is 19.1 Å². The molecule has 0 fully saturated rings. The fourth-order valence-electron chi connectivity index (χ4n) is 1.50. The van der Waals surface area contributed by atoms with E-state index in [1.807, 2.05) is 6.07 Å². The highest BCUT2D eigenvalue weighted by Gasteiger charge is 2.19. The molecule has 0 saturated heterocycles. The Balaban J connectivity index is 2.47. The lowest BCUT2D eigenvalue weighted by Crippen LogP contribution is -2.07. The van der Waals surface area contributed by atoms with Crippen LogP contribution in [-0.4, -0.2) is 27.3 Å². The van der Waals surface area contributed by atoms with Gasteiger partial charge in [0.25, 0.3) is 0 Å². The average molecular weight is 242 g/mol. The first-order valence-electron chi connectivity index (χ1n) is 5.33. The lowest BCUT2D eigenvalue weighted by molar-refractivity contribution is 0.0526. The Morgan fingerprint density at radius 1 is 1.50 bits per heavy atom. The van der Waals surface area contributed by atoms with Crippen molar-refractivity contribution in [2.24, 2.45) is 0 Å². The minimum Gasteiger partial charge on any atom is -0.462 e. The van der Waals surface area contributed by atoms with Crippen LogP contribution in [0.5, 0.6) is 0 Å². The highest BCUT2D eigenvalue weighted by Crippen LogP contribution is 2.14. The molecule has 2 rings (SSSR count). The van der Waals surface area contributed by atoms with E-state index < -0.39 is 5.97 Å². The third kappa shape index (κ3) is 2.06. The van der Waals surface area contributed by atoms with Crippen LogP contribution in [0, 0.1) is 11.3 Å². The van der Waals surface area contributed by atoms with Crippen molar-refractivity contribution in [3.8, 4) is 11.8 Å². The number of ether oxygens (including phenoxy) is 1. The van der Waals surface area contributed by atoms with Gasteiger partial charge in [-0.2, -0.15) is 10.4 Å². The average Bonchev–Trinajstić information content (AvgIpc) is 2.83. The zero-order valence-corrected chi connectivity index (χ0v) is 9.70. The molecule has 0 aromatic carbocycles. The molecule has 0 radical (unpaired) electrons. The van der Waals surface area contributed by atoms with Gasteiger partial charge >= 0.3 is 5.97 Å². The van der Waals surface area contributed by atoms with Gasteiger partial charge < -0.3 is 4.74 Å². The van der Waals surface area contributed by atoms with Crippen molar-refractivity contribution in [1.82, 2.24) is 14.8 Å². The van der Waals surface area contributed by atoms with E-state index in [1.165, 1.54) is 10.9 Å². The van der Waals surface area contributed by atoms with Crippen LogP contribution in [0.3, 0.4) is 0 Å². The van der Waals surface area contributed by atoms with Crippen LogP contribution < -0.4 is 0 Å². The first-order chi connectivity index (χ1) is 8.77. The summed E-state index contributed by atoms with van der Waals surface area (Å²) in [6.07, 6.45) is 4.50. The second kappa shape index (κ2) is 5.10. The molecule has 2 heterocycles. The smallest absolute Gasteiger partial charge is 0.342 e. The van der Waals surface area contributed by atoms with Gasteiger partial charge in [-0.1, -0.05) is 0 Å². The molecule has 6 nitrogen and oxygen atoms in total. The maximum atomic E-state index is 11.6. The quantitative estimate of drug-likeness (QED) is 0.758. The molecule has 0 aliphatic carbocycles. The maximum absolute atomic E-state index is 11.6. The van der Waals surface area contributed by atoms with Crippen molar-refractivity contribution in [2.45, 2.75) is 6.92 Å². The number of nitriles is 1. The van der Waals surface area contributed by atoms with E-state index >= 15 is 0 Å². The molecule has 0 N–H and O–H groups in total. The predicted molar refractivity (Wildman–Crippen MR) is 62.0 cm³/mol. The molecule has 18 heavy (non-hydrogen) atoms. The summed E-state index contributed by atoms with van der Waals surface area (Å²) in [5.41, 5.74) is 0.980. The molecular formula is C12H10N4O2.